The minimum atomic E-state index is 0.188. The molecule has 0 bridgehead atoms. The Labute approximate surface area is 99.2 Å². The zero-order valence-corrected chi connectivity index (χ0v) is 10.7. The number of carbonyl (C=O) groups is 1. The van der Waals surface area contributed by atoms with Gasteiger partial charge in [-0.3, -0.25) is 4.79 Å². The van der Waals surface area contributed by atoms with Crippen molar-refractivity contribution in [3.63, 3.8) is 0 Å². The lowest BCUT2D eigenvalue weighted by Crippen LogP contribution is -2.40. The van der Waals surface area contributed by atoms with Crippen LogP contribution < -0.4 is 11.1 Å². The van der Waals surface area contributed by atoms with E-state index in [1.807, 2.05) is 0 Å². The number of rotatable bonds is 6. The average Bonchev–Trinajstić information content (AvgIpc) is 2.73. The molecule has 0 aliphatic heterocycles. The van der Waals surface area contributed by atoms with Crippen LogP contribution in [0.25, 0.3) is 0 Å². The first-order valence-corrected chi connectivity index (χ1v) is 6.55. The predicted octanol–water partition coefficient (Wildman–Crippen LogP) is 2.06. The molecule has 0 radical (unpaired) electrons. The maximum absolute atomic E-state index is 11.6. The summed E-state index contributed by atoms with van der Waals surface area (Å²) >= 11 is 0. The normalized spacial score (nSPS) is 19.0. The van der Waals surface area contributed by atoms with Gasteiger partial charge in [0, 0.05) is 13.0 Å². The standard InChI is InChI=1S/C13H26N2O/c1-11(2)5-6-12(16)15-10-13(9-14)7-3-4-8-13/h11H,3-10,14H2,1-2H3,(H,15,16). The van der Waals surface area contributed by atoms with Gasteiger partial charge in [0.15, 0.2) is 0 Å². The first-order valence-electron chi connectivity index (χ1n) is 6.55. The number of nitrogens with one attached hydrogen (secondary N) is 1. The van der Waals surface area contributed by atoms with Gasteiger partial charge in [-0.05, 0) is 37.1 Å². The number of hydrogen-bond donors (Lipinski definition) is 2. The quantitative estimate of drug-likeness (QED) is 0.728. The molecule has 1 amide bonds. The molecule has 16 heavy (non-hydrogen) atoms. The fourth-order valence-corrected chi connectivity index (χ4v) is 2.37. The molecule has 1 aliphatic rings. The van der Waals surface area contributed by atoms with E-state index in [9.17, 15) is 4.79 Å². The largest absolute Gasteiger partial charge is 0.355 e. The number of carbonyl (C=O) groups excluding carboxylic acids is 1. The Morgan fingerprint density at radius 1 is 1.38 bits per heavy atom. The van der Waals surface area contributed by atoms with Crippen LogP contribution in [0, 0.1) is 11.3 Å². The van der Waals surface area contributed by atoms with Crippen LogP contribution in [-0.4, -0.2) is 19.0 Å². The molecule has 3 heteroatoms. The van der Waals surface area contributed by atoms with E-state index >= 15 is 0 Å². The Bertz CT molecular complexity index is 220. The molecule has 1 fully saturated rings. The SMILES string of the molecule is CC(C)CCC(=O)NCC1(CN)CCCC1. The summed E-state index contributed by atoms with van der Waals surface area (Å²) in [5, 5.41) is 3.05. The minimum Gasteiger partial charge on any atom is -0.355 e. The van der Waals surface area contributed by atoms with Gasteiger partial charge in [-0.25, -0.2) is 0 Å². The van der Waals surface area contributed by atoms with Crippen molar-refractivity contribution in [2.75, 3.05) is 13.1 Å². The lowest BCUT2D eigenvalue weighted by molar-refractivity contribution is -0.121. The van der Waals surface area contributed by atoms with Gasteiger partial charge >= 0.3 is 0 Å². The summed E-state index contributed by atoms with van der Waals surface area (Å²) in [7, 11) is 0. The van der Waals surface area contributed by atoms with Crippen molar-refractivity contribution in [1.29, 1.82) is 0 Å². The zero-order chi connectivity index (χ0) is 12.0. The highest BCUT2D eigenvalue weighted by Gasteiger charge is 2.32. The topological polar surface area (TPSA) is 55.1 Å². The Hall–Kier alpha value is -0.570. The molecule has 0 spiro atoms. The maximum Gasteiger partial charge on any atom is 0.220 e. The van der Waals surface area contributed by atoms with E-state index in [1.54, 1.807) is 0 Å². The van der Waals surface area contributed by atoms with Gasteiger partial charge in [0.2, 0.25) is 5.91 Å². The molecule has 3 N–H and O–H groups in total. The minimum absolute atomic E-state index is 0.188. The van der Waals surface area contributed by atoms with E-state index in [0.29, 0.717) is 18.9 Å². The first kappa shape index (κ1) is 13.5. The molecule has 1 saturated carbocycles. The molecular formula is C13H26N2O. The first-order chi connectivity index (χ1) is 7.58. The molecule has 3 nitrogen and oxygen atoms in total. The van der Waals surface area contributed by atoms with Crippen molar-refractivity contribution < 1.29 is 4.79 Å². The second-order valence-electron chi connectivity index (χ2n) is 5.62. The Balaban J connectivity index is 2.24. The lowest BCUT2D eigenvalue weighted by atomic mass is 9.86. The molecule has 1 aliphatic carbocycles. The maximum atomic E-state index is 11.6. The molecular weight excluding hydrogens is 200 g/mol. The summed E-state index contributed by atoms with van der Waals surface area (Å²) in [6, 6.07) is 0. The summed E-state index contributed by atoms with van der Waals surface area (Å²) in [5.41, 5.74) is 6.03. The third kappa shape index (κ3) is 4.12. The van der Waals surface area contributed by atoms with E-state index in [2.05, 4.69) is 19.2 Å². The summed E-state index contributed by atoms with van der Waals surface area (Å²) in [4.78, 5) is 11.6. The lowest BCUT2D eigenvalue weighted by Gasteiger charge is -2.27. The highest BCUT2D eigenvalue weighted by Crippen LogP contribution is 2.36. The molecule has 0 heterocycles. The van der Waals surface area contributed by atoms with Crippen molar-refractivity contribution in [2.24, 2.45) is 17.1 Å². The molecule has 0 saturated heterocycles. The number of amides is 1. The van der Waals surface area contributed by atoms with Crippen LogP contribution in [-0.2, 0) is 4.79 Å². The van der Waals surface area contributed by atoms with Crippen LogP contribution in [0.3, 0.4) is 0 Å². The number of nitrogens with two attached hydrogens (primary N) is 1. The van der Waals surface area contributed by atoms with Crippen LogP contribution in [0.4, 0.5) is 0 Å². The summed E-state index contributed by atoms with van der Waals surface area (Å²) < 4.78 is 0. The predicted molar refractivity (Wildman–Crippen MR) is 67.0 cm³/mol. The zero-order valence-electron chi connectivity index (χ0n) is 10.7. The van der Waals surface area contributed by atoms with Gasteiger partial charge in [-0.1, -0.05) is 26.7 Å². The third-order valence-corrected chi connectivity index (χ3v) is 3.71. The van der Waals surface area contributed by atoms with Crippen molar-refractivity contribution in [1.82, 2.24) is 5.32 Å². The molecule has 0 atom stereocenters. The fraction of sp³-hybridized carbons (Fsp3) is 0.923. The van der Waals surface area contributed by atoms with Gasteiger partial charge in [-0.15, -0.1) is 0 Å². The van der Waals surface area contributed by atoms with Crippen molar-refractivity contribution in [2.45, 2.75) is 52.4 Å². The molecule has 94 valence electrons. The van der Waals surface area contributed by atoms with Crippen molar-refractivity contribution >= 4 is 5.91 Å². The van der Waals surface area contributed by atoms with Crippen LogP contribution in [0.5, 0.6) is 0 Å². The van der Waals surface area contributed by atoms with E-state index in [4.69, 9.17) is 5.73 Å². The Kier molecular flexibility index (Phi) is 5.26. The molecule has 0 aromatic rings. The molecule has 1 rings (SSSR count). The monoisotopic (exact) mass is 226 g/mol. The highest BCUT2D eigenvalue weighted by atomic mass is 16.1. The second-order valence-corrected chi connectivity index (χ2v) is 5.62. The average molecular weight is 226 g/mol. The summed E-state index contributed by atoms with van der Waals surface area (Å²) in [6.45, 7) is 5.77. The van der Waals surface area contributed by atoms with Crippen LogP contribution in [0.2, 0.25) is 0 Å². The van der Waals surface area contributed by atoms with E-state index < -0.39 is 0 Å². The van der Waals surface area contributed by atoms with Crippen molar-refractivity contribution in [3.05, 3.63) is 0 Å². The van der Waals surface area contributed by atoms with Crippen LogP contribution in [0.15, 0.2) is 0 Å². The van der Waals surface area contributed by atoms with Gasteiger partial charge in [-0.2, -0.15) is 0 Å². The van der Waals surface area contributed by atoms with Crippen LogP contribution in [0.1, 0.15) is 52.4 Å². The summed E-state index contributed by atoms with van der Waals surface area (Å²) in [6.07, 6.45) is 6.50. The van der Waals surface area contributed by atoms with Gasteiger partial charge < -0.3 is 11.1 Å². The van der Waals surface area contributed by atoms with Crippen molar-refractivity contribution in [3.8, 4) is 0 Å². The van der Waals surface area contributed by atoms with E-state index in [-0.39, 0.29) is 11.3 Å². The smallest absolute Gasteiger partial charge is 0.220 e. The Morgan fingerprint density at radius 2 is 2.00 bits per heavy atom. The molecule has 0 aromatic carbocycles. The van der Waals surface area contributed by atoms with E-state index in [0.717, 1.165) is 13.0 Å². The molecule has 0 aromatic heterocycles. The highest BCUT2D eigenvalue weighted by molar-refractivity contribution is 5.75. The Morgan fingerprint density at radius 3 is 2.50 bits per heavy atom. The summed E-state index contributed by atoms with van der Waals surface area (Å²) in [5.74, 6) is 0.786. The fourth-order valence-electron chi connectivity index (χ4n) is 2.37. The number of hydrogen-bond acceptors (Lipinski definition) is 2. The van der Waals surface area contributed by atoms with E-state index in [1.165, 1.54) is 25.7 Å². The van der Waals surface area contributed by atoms with Gasteiger partial charge in [0.1, 0.15) is 0 Å². The second kappa shape index (κ2) is 6.24. The molecule has 0 unspecified atom stereocenters. The third-order valence-electron chi connectivity index (χ3n) is 3.71. The van der Waals surface area contributed by atoms with Gasteiger partial charge in [0.25, 0.3) is 0 Å². The van der Waals surface area contributed by atoms with Crippen LogP contribution >= 0.6 is 0 Å². The van der Waals surface area contributed by atoms with Gasteiger partial charge in [0.05, 0.1) is 0 Å².